The van der Waals surface area contributed by atoms with Crippen LogP contribution < -0.4 is 20.3 Å². The molecule has 1 aliphatic heterocycles. The number of nitrogens with zero attached hydrogens (tertiary/aromatic N) is 1. The van der Waals surface area contributed by atoms with Gasteiger partial charge in [-0.05, 0) is 24.6 Å². The minimum atomic E-state index is 0.0620. The number of pyridine rings is 1. The molecule has 1 aromatic heterocycles. The predicted octanol–water partition coefficient (Wildman–Crippen LogP) is 1.20. The van der Waals surface area contributed by atoms with Gasteiger partial charge in [0.25, 0.3) is 5.56 Å². The lowest BCUT2D eigenvalue weighted by atomic mass is 9.97. The van der Waals surface area contributed by atoms with Crippen LogP contribution in [0.15, 0.2) is 16.9 Å². The molecule has 1 aliphatic rings. The maximum absolute atomic E-state index is 12.4. The molecule has 0 bridgehead atoms. The third kappa shape index (κ3) is 1.78. The third-order valence-corrected chi connectivity index (χ3v) is 3.97. The minimum Gasteiger partial charge on any atom is -0.493 e. The second kappa shape index (κ2) is 4.83. The fraction of sp³-hybridized carbons (Fsp3) is 0.400. The molecule has 2 heterocycles. The summed E-state index contributed by atoms with van der Waals surface area (Å²) in [6, 6.07) is 3.84. The van der Waals surface area contributed by atoms with E-state index in [1.165, 1.54) is 0 Å². The molecule has 1 N–H and O–H groups in total. The van der Waals surface area contributed by atoms with Gasteiger partial charge in [-0.2, -0.15) is 0 Å². The molecule has 0 amide bonds. The van der Waals surface area contributed by atoms with Gasteiger partial charge in [0.05, 0.1) is 19.7 Å². The highest BCUT2D eigenvalue weighted by atomic mass is 16.5. The number of hydrogen-bond donors (Lipinski definition) is 1. The van der Waals surface area contributed by atoms with Crippen LogP contribution in [-0.2, 0) is 20.0 Å². The standard InChI is InChI=1S/C15H18N2O3/c1-17-12-7-14(20-3)13(19-2)6-10(12)9-4-5-16-8-11(9)15(17)18/h6-7,16H,4-5,8H2,1-3H3. The third-order valence-electron chi connectivity index (χ3n) is 3.97. The number of methoxy groups -OCH3 is 2. The molecule has 3 rings (SSSR count). The largest absolute Gasteiger partial charge is 0.493 e. The monoisotopic (exact) mass is 274 g/mol. The Labute approximate surface area is 117 Å². The van der Waals surface area contributed by atoms with Gasteiger partial charge in [-0.3, -0.25) is 4.79 Å². The quantitative estimate of drug-likeness (QED) is 0.894. The van der Waals surface area contributed by atoms with Crippen molar-refractivity contribution in [3.8, 4) is 11.5 Å². The normalized spacial score (nSPS) is 14.2. The van der Waals surface area contributed by atoms with Gasteiger partial charge >= 0.3 is 0 Å². The van der Waals surface area contributed by atoms with E-state index in [2.05, 4.69) is 5.32 Å². The van der Waals surface area contributed by atoms with E-state index in [1.54, 1.807) is 25.8 Å². The van der Waals surface area contributed by atoms with E-state index in [0.717, 1.165) is 35.0 Å². The molecule has 0 saturated heterocycles. The van der Waals surface area contributed by atoms with Crippen LogP contribution in [0.2, 0.25) is 0 Å². The first-order valence-corrected chi connectivity index (χ1v) is 6.64. The van der Waals surface area contributed by atoms with E-state index in [-0.39, 0.29) is 5.56 Å². The minimum absolute atomic E-state index is 0.0620. The van der Waals surface area contributed by atoms with E-state index in [4.69, 9.17) is 9.47 Å². The van der Waals surface area contributed by atoms with Crippen LogP contribution >= 0.6 is 0 Å². The number of rotatable bonds is 2. The van der Waals surface area contributed by atoms with Crippen molar-refractivity contribution >= 4 is 10.9 Å². The molecule has 106 valence electrons. The van der Waals surface area contributed by atoms with Crippen LogP contribution in [0.25, 0.3) is 10.9 Å². The van der Waals surface area contributed by atoms with Gasteiger partial charge in [0.2, 0.25) is 0 Å². The van der Waals surface area contributed by atoms with E-state index < -0.39 is 0 Å². The average Bonchev–Trinajstić information content (AvgIpc) is 2.51. The zero-order chi connectivity index (χ0) is 14.3. The Morgan fingerprint density at radius 1 is 1.15 bits per heavy atom. The summed E-state index contributed by atoms with van der Waals surface area (Å²) in [4.78, 5) is 12.4. The Balaban J connectivity index is 2.43. The maximum Gasteiger partial charge on any atom is 0.255 e. The number of aryl methyl sites for hydroxylation is 1. The predicted molar refractivity (Wildman–Crippen MR) is 77.7 cm³/mol. The maximum atomic E-state index is 12.4. The van der Waals surface area contributed by atoms with Gasteiger partial charge in [-0.25, -0.2) is 0 Å². The number of aromatic nitrogens is 1. The van der Waals surface area contributed by atoms with Crippen molar-refractivity contribution in [1.82, 2.24) is 9.88 Å². The van der Waals surface area contributed by atoms with Crippen LogP contribution in [-0.4, -0.2) is 25.3 Å². The van der Waals surface area contributed by atoms with Crippen molar-refractivity contribution in [3.05, 3.63) is 33.6 Å². The number of nitrogens with one attached hydrogen (secondary N) is 1. The van der Waals surface area contributed by atoms with Crippen molar-refractivity contribution < 1.29 is 9.47 Å². The topological polar surface area (TPSA) is 52.5 Å². The molecule has 5 heteroatoms. The molecule has 20 heavy (non-hydrogen) atoms. The highest BCUT2D eigenvalue weighted by Gasteiger charge is 2.19. The Kier molecular flexibility index (Phi) is 3.14. The van der Waals surface area contributed by atoms with Crippen molar-refractivity contribution in [2.45, 2.75) is 13.0 Å². The van der Waals surface area contributed by atoms with Crippen LogP contribution in [0.4, 0.5) is 0 Å². The van der Waals surface area contributed by atoms with Gasteiger partial charge < -0.3 is 19.4 Å². The van der Waals surface area contributed by atoms with E-state index in [1.807, 2.05) is 12.1 Å². The summed E-state index contributed by atoms with van der Waals surface area (Å²) in [5.41, 5.74) is 2.93. The Hall–Kier alpha value is -2.01. The molecule has 0 aliphatic carbocycles. The van der Waals surface area contributed by atoms with Crippen molar-refractivity contribution in [2.75, 3.05) is 20.8 Å². The summed E-state index contributed by atoms with van der Waals surface area (Å²) in [6.45, 7) is 1.52. The molecule has 0 atom stereocenters. The average molecular weight is 274 g/mol. The van der Waals surface area contributed by atoms with Crippen LogP contribution in [0.3, 0.4) is 0 Å². The highest BCUT2D eigenvalue weighted by molar-refractivity contribution is 5.87. The first-order chi connectivity index (χ1) is 9.67. The van der Waals surface area contributed by atoms with Crippen molar-refractivity contribution in [1.29, 1.82) is 0 Å². The van der Waals surface area contributed by atoms with Crippen LogP contribution in [0.1, 0.15) is 11.1 Å². The fourth-order valence-electron chi connectivity index (χ4n) is 2.89. The van der Waals surface area contributed by atoms with Gasteiger partial charge in [-0.1, -0.05) is 0 Å². The zero-order valence-electron chi connectivity index (χ0n) is 11.9. The molecule has 0 unspecified atom stereocenters. The number of fused-ring (bicyclic) bond motifs is 3. The van der Waals surface area contributed by atoms with E-state index in [9.17, 15) is 4.79 Å². The van der Waals surface area contributed by atoms with E-state index in [0.29, 0.717) is 18.0 Å². The number of ether oxygens (including phenoxy) is 2. The summed E-state index contributed by atoms with van der Waals surface area (Å²) in [5.74, 6) is 1.34. The molecule has 5 nitrogen and oxygen atoms in total. The first-order valence-electron chi connectivity index (χ1n) is 6.64. The molecule has 0 radical (unpaired) electrons. The smallest absolute Gasteiger partial charge is 0.255 e. The van der Waals surface area contributed by atoms with Crippen molar-refractivity contribution in [3.63, 3.8) is 0 Å². The second-order valence-corrected chi connectivity index (χ2v) is 4.97. The van der Waals surface area contributed by atoms with Crippen molar-refractivity contribution in [2.24, 2.45) is 7.05 Å². The molecule has 0 fully saturated rings. The Bertz CT molecular complexity index is 734. The Morgan fingerprint density at radius 2 is 1.85 bits per heavy atom. The Morgan fingerprint density at radius 3 is 2.55 bits per heavy atom. The summed E-state index contributed by atoms with van der Waals surface area (Å²) < 4.78 is 12.4. The lowest BCUT2D eigenvalue weighted by Gasteiger charge is -2.21. The van der Waals surface area contributed by atoms with Gasteiger partial charge in [0.1, 0.15) is 0 Å². The number of hydrogen-bond acceptors (Lipinski definition) is 4. The lowest BCUT2D eigenvalue weighted by Crippen LogP contribution is -2.33. The van der Waals surface area contributed by atoms with E-state index >= 15 is 0 Å². The summed E-state index contributed by atoms with van der Waals surface area (Å²) >= 11 is 0. The zero-order valence-corrected chi connectivity index (χ0v) is 11.9. The molecule has 1 aromatic carbocycles. The lowest BCUT2D eigenvalue weighted by molar-refractivity contribution is 0.355. The molecule has 2 aromatic rings. The molecular formula is C15H18N2O3. The summed E-state index contributed by atoms with van der Waals surface area (Å²) in [5, 5.41) is 4.33. The SMILES string of the molecule is COc1cc2c3c(c(=O)n(C)c2cc1OC)CNCC3. The molecule has 0 spiro atoms. The fourth-order valence-corrected chi connectivity index (χ4v) is 2.89. The summed E-state index contributed by atoms with van der Waals surface area (Å²) in [7, 11) is 5.02. The first kappa shape index (κ1) is 13.0. The second-order valence-electron chi connectivity index (χ2n) is 4.97. The molecule has 0 saturated carbocycles. The highest BCUT2D eigenvalue weighted by Crippen LogP contribution is 2.34. The van der Waals surface area contributed by atoms with Gasteiger partial charge in [-0.15, -0.1) is 0 Å². The van der Waals surface area contributed by atoms with Gasteiger partial charge in [0.15, 0.2) is 11.5 Å². The van der Waals surface area contributed by atoms with Crippen LogP contribution in [0.5, 0.6) is 11.5 Å². The van der Waals surface area contributed by atoms with Gasteiger partial charge in [0, 0.05) is 30.6 Å². The molecular weight excluding hydrogens is 256 g/mol. The number of benzene rings is 1. The summed E-state index contributed by atoms with van der Waals surface area (Å²) in [6.07, 6.45) is 0.859. The van der Waals surface area contributed by atoms with Crippen LogP contribution in [0, 0.1) is 0 Å².